The van der Waals surface area contributed by atoms with E-state index in [0.29, 0.717) is 18.7 Å². The van der Waals surface area contributed by atoms with Crippen LogP contribution in [-0.2, 0) is 14.3 Å². The number of hydrogen-bond acceptors (Lipinski definition) is 4. The van der Waals surface area contributed by atoms with E-state index in [1.54, 1.807) is 29.4 Å². The van der Waals surface area contributed by atoms with Crippen LogP contribution >= 0.6 is 0 Å². The first kappa shape index (κ1) is 10.1. The number of fused-ring (bicyclic) bond motifs is 2. The maximum Gasteiger partial charge on any atom is 0.329 e. The van der Waals surface area contributed by atoms with Gasteiger partial charge >= 0.3 is 5.97 Å². The Labute approximate surface area is 97.6 Å². The Bertz CT molecular complexity index is 477. The van der Waals surface area contributed by atoms with Crippen LogP contribution in [0.15, 0.2) is 28.9 Å². The average Bonchev–Trinajstić information content (AvgIpc) is 3.00. The van der Waals surface area contributed by atoms with Crippen LogP contribution in [0, 0.1) is 0 Å². The number of hydrogen-bond donors (Lipinski definition) is 0. The highest BCUT2D eigenvalue weighted by molar-refractivity contribution is 5.95. The summed E-state index contributed by atoms with van der Waals surface area (Å²) in [5.41, 5.74) is 0. The molecule has 0 radical (unpaired) electrons. The molecular formula is C12H11NO4. The molecule has 1 aromatic heterocycles. The number of morpholine rings is 1. The standard InChI is InChI=1S/C12H11NO4/c14-11(4-3-8-2-1-5-16-8)13-7-9-6-10(13)12(15)17-9/h1-5,9-10H,6-7H2/b4-3+/t9-,10+/m0/s1. The summed E-state index contributed by atoms with van der Waals surface area (Å²) in [6, 6.07) is 3.11. The van der Waals surface area contributed by atoms with Gasteiger partial charge in [-0.15, -0.1) is 0 Å². The van der Waals surface area contributed by atoms with E-state index in [0.717, 1.165) is 0 Å². The number of esters is 1. The van der Waals surface area contributed by atoms with E-state index in [9.17, 15) is 9.59 Å². The first-order chi connectivity index (χ1) is 8.24. The van der Waals surface area contributed by atoms with Crippen molar-refractivity contribution < 1.29 is 18.7 Å². The van der Waals surface area contributed by atoms with Gasteiger partial charge in [-0.3, -0.25) is 4.79 Å². The number of nitrogens with zero attached hydrogens (tertiary/aromatic N) is 1. The van der Waals surface area contributed by atoms with Gasteiger partial charge in [0.1, 0.15) is 17.9 Å². The van der Waals surface area contributed by atoms with Crippen LogP contribution in [0.5, 0.6) is 0 Å². The summed E-state index contributed by atoms with van der Waals surface area (Å²) in [4.78, 5) is 24.7. The molecule has 0 aromatic carbocycles. The van der Waals surface area contributed by atoms with Gasteiger partial charge in [-0.1, -0.05) is 0 Å². The molecule has 2 atom stereocenters. The first-order valence-corrected chi connectivity index (χ1v) is 5.47. The molecule has 17 heavy (non-hydrogen) atoms. The van der Waals surface area contributed by atoms with Crippen molar-refractivity contribution in [2.45, 2.75) is 18.6 Å². The fourth-order valence-electron chi connectivity index (χ4n) is 2.23. The molecule has 3 heterocycles. The van der Waals surface area contributed by atoms with Gasteiger partial charge in [0.2, 0.25) is 5.91 Å². The Morgan fingerprint density at radius 3 is 3.06 bits per heavy atom. The van der Waals surface area contributed by atoms with E-state index >= 15 is 0 Å². The molecule has 3 rings (SSSR count). The fourth-order valence-corrected chi connectivity index (χ4v) is 2.23. The predicted octanol–water partition coefficient (Wildman–Crippen LogP) is 0.819. The van der Waals surface area contributed by atoms with Crippen LogP contribution in [0.1, 0.15) is 12.2 Å². The third-order valence-electron chi connectivity index (χ3n) is 3.03. The van der Waals surface area contributed by atoms with Gasteiger partial charge in [-0.2, -0.15) is 0 Å². The summed E-state index contributed by atoms with van der Waals surface area (Å²) >= 11 is 0. The molecule has 1 aromatic rings. The van der Waals surface area contributed by atoms with Crippen molar-refractivity contribution in [3.8, 4) is 0 Å². The highest BCUT2D eigenvalue weighted by Crippen LogP contribution is 2.29. The van der Waals surface area contributed by atoms with Crippen LogP contribution in [0.25, 0.3) is 6.08 Å². The third-order valence-corrected chi connectivity index (χ3v) is 3.03. The van der Waals surface area contributed by atoms with E-state index in [1.165, 1.54) is 6.08 Å². The smallest absolute Gasteiger partial charge is 0.329 e. The summed E-state index contributed by atoms with van der Waals surface area (Å²) in [6.07, 6.45) is 5.07. The summed E-state index contributed by atoms with van der Waals surface area (Å²) < 4.78 is 10.1. The summed E-state index contributed by atoms with van der Waals surface area (Å²) in [6.45, 7) is 0.498. The zero-order valence-corrected chi connectivity index (χ0v) is 9.04. The summed E-state index contributed by atoms with van der Waals surface area (Å²) in [5.74, 6) is 0.150. The fraction of sp³-hybridized carbons (Fsp3) is 0.333. The van der Waals surface area contributed by atoms with Gasteiger partial charge < -0.3 is 14.1 Å². The SMILES string of the molecule is O=C1O[C@H]2C[C@H]1N(C(=O)/C=C/c1ccco1)C2. The molecule has 2 saturated heterocycles. The second-order valence-corrected chi connectivity index (χ2v) is 4.15. The molecule has 0 saturated carbocycles. The Hall–Kier alpha value is -2.04. The van der Waals surface area contributed by atoms with Crippen molar-refractivity contribution in [3.05, 3.63) is 30.2 Å². The second kappa shape index (κ2) is 3.76. The zero-order chi connectivity index (χ0) is 11.8. The Balaban J connectivity index is 1.70. The van der Waals surface area contributed by atoms with Gasteiger partial charge in [0.15, 0.2) is 0 Å². The van der Waals surface area contributed by atoms with Crippen molar-refractivity contribution in [1.29, 1.82) is 0 Å². The highest BCUT2D eigenvalue weighted by Gasteiger charge is 2.47. The highest BCUT2D eigenvalue weighted by atomic mass is 16.6. The molecule has 0 unspecified atom stereocenters. The lowest BCUT2D eigenvalue weighted by molar-refractivity contribution is -0.155. The normalized spacial score (nSPS) is 26.8. The van der Waals surface area contributed by atoms with E-state index in [2.05, 4.69) is 0 Å². The second-order valence-electron chi connectivity index (χ2n) is 4.15. The molecule has 5 heteroatoms. The van der Waals surface area contributed by atoms with Crippen LogP contribution in [-0.4, -0.2) is 35.5 Å². The van der Waals surface area contributed by atoms with E-state index < -0.39 is 6.04 Å². The quantitative estimate of drug-likeness (QED) is 0.560. The van der Waals surface area contributed by atoms with Crippen LogP contribution < -0.4 is 0 Å². The molecule has 2 fully saturated rings. The minimum atomic E-state index is -0.395. The van der Waals surface area contributed by atoms with Gasteiger partial charge in [-0.05, 0) is 18.2 Å². The number of carbonyl (C=O) groups excluding carboxylic acids is 2. The summed E-state index contributed by atoms with van der Waals surface area (Å²) in [7, 11) is 0. The number of amides is 1. The monoisotopic (exact) mass is 233 g/mol. The summed E-state index contributed by atoms with van der Waals surface area (Å²) in [5, 5.41) is 0. The topological polar surface area (TPSA) is 59.8 Å². The van der Waals surface area contributed by atoms with Crippen molar-refractivity contribution in [1.82, 2.24) is 4.90 Å². The number of furan rings is 1. The van der Waals surface area contributed by atoms with Crippen molar-refractivity contribution in [2.75, 3.05) is 6.54 Å². The lowest BCUT2D eigenvalue weighted by Crippen LogP contribution is -2.43. The molecular weight excluding hydrogens is 222 g/mol. The lowest BCUT2D eigenvalue weighted by Gasteiger charge is -2.24. The molecule has 2 bridgehead atoms. The van der Waals surface area contributed by atoms with E-state index in [4.69, 9.17) is 9.15 Å². The minimum Gasteiger partial charge on any atom is -0.465 e. The van der Waals surface area contributed by atoms with Crippen molar-refractivity contribution >= 4 is 18.0 Å². The molecule has 1 amide bonds. The largest absolute Gasteiger partial charge is 0.465 e. The maximum absolute atomic E-state index is 11.9. The number of rotatable bonds is 2. The van der Waals surface area contributed by atoms with E-state index in [-0.39, 0.29) is 18.0 Å². The van der Waals surface area contributed by atoms with Gasteiger partial charge in [0.25, 0.3) is 0 Å². The Morgan fingerprint density at radius 1 is 1.53 bits per heavy atom. The molecule has 0 aliphatic carbocycles. The number of likely N-dealkylation sites (tertiary alicyclic amines) is 1. The van der Waals surface area contributed by atoms with Crippen molar-refractivity contribution in [2.24, 2.45) is 0 Å². The first-order valence-electron chi connectivity index (χ1n) is 5.47. The molecule has 5 nitrogen and oxygen atoms in total. The van der Waals surface area contributed by atoms with Gasteiger partial charge in [-0.25, -0.2) is 4.79 Å². The number of carbonyl (C=O) groups is 2. The average molecular weight is 233 g/mol. The van der Waals surface area contributed by atoms with Crippen LogP contribution in [0.2, 0.25) is 0 Å². The van der Waals surface area contributed by atoms with Crippen LogP contribution in [0.4, 0.5) is 0 Å². The Kier molecular flexibility index (Phi) is 2.24. The molecule has 0 N–H and O–H groups in total. The molecule has 2 aliphatic rings. The molecule has 2 aliphatic heterocycles. The van der Waals surface area contributed by atoms with E-state index in [1.807, 2.05) is 0 Å². The predicted molar refractivity (Wildman–Crippen MR) is 57.7 cm³/mol. The maximum atomic E-state index is 11.9. The minimum absolute atomic E-state index is 0.117. The van der Waals surface area contributed by atoms with Gasteiger partial charge in [0.05, 0.1) is 12.8 Å². The third kappa shape index (κ3) is 1.73. The van der Waals surface area contributed by atoms with Crippen LogP contribution in [0.3, 0.4) is 0 Å². The molecule has 88 valence electrons. The Morgan fingerprint density at radius 2 is 2.41 bits per heavy atom. The lowest BCUT2D eigenvalue weighted by atomic mass is 10.2. The zero-order valence-electron chi connectivity index (χ0n) is 9.04. The van der Waals surface area contributed by atoms with Gasteiger partial charge in [0, 0.05) is 12.5 Å². The number of ether oxygens (including phenoxy) is 1. The van der Waals surface area contributed by atoms with Crippen molar-refractivity contribution in [3.63, 3.8) is 0 Å². The molecule has 0 spiro atoms.